The van der Waals surface area contributed by atoms with Gasteiger partial charge in [0.05, 0.1) is 5.56 Å². The van der Waals surface area contributed by atoms with E-state index in [1.54, 1.807) is 0 Å². The molecule has 1 rings (SSSR count). The smallest absolute Gasteiger partial charge is 0.279 e. The molecule has 0 bridgehead atoms. The molecule has 0 N–H and O–H groups in total. The van der Waals surface area contributed by atoms with Crippen LogP contribution in [0, 0.1) is 0 Å². The number of alkyl halides is 4. The second-order valence-corrected chi connectivity index (χ2v) is 3.60. The molecule has 82 valence electrons. The zero-order chi connectivity index (χ0) is 11.6. The molecular formula is C9H5Cl2F3O. The van der Waals surface area contributed by atoms with Gasteiger partial charge in [-0.3, -0.25) is 4.79 Å². The van der Waals surface area contributed by atoms with E-state index in [1.165, 1.54) is 12.1 Å². The molecule has 1 aromatic rings. The molecule has 0 aliphatic rings. The Balaban J connectivity index is 3.08. The molecule has 0 heterocycles. The summed E-state index contributed by atoms with van der Waals surface area (Å²) < 4.78 is 36.8. The van der Waals surface area contributed by atoms with Crippen LogP contribution in [0.3, 0.4) is 0 Å². The van der Waals surface area contributed by atoms with Crippen LogP contribution in [0.1, 0.15) is 16.5 Å². The minimum atomic E-state index is -4.46. The molecular weight excluding hydrogens is 252 g/mol. The molecule has 1 aromatic carbocycles. The molecule has 0 aliphatic carbocycles. The van der Waals surface area contributed by atoms with Gasteiger partial charge < -0.3 is 0 Å². The van der Waals surface area contributed by atoms with Crippen molar-refractivity contribution in [2.75, 3.05) is 0 Å². The average molecular weight is 257 g/mol. The van der Waals surface area contributed by atoms with Crippen LogP contribution in [-0.4, -0.2) is 5.24 Å². The lowest BCUT2D eigenvalue weighted by molar-refractivity contribution is -0.137. The Bertz CT molecular complexity index is 376. The lowest BCUT2D eigenvalue weighted by atomic mass is 10.1. The monoisotopic (exact) mass is 256 g/mol. The van der Waals surface area contributed by atoms with E-state index in [2.05, 4.69) is 0 Å². The van der Waals surface area contributed by atoms with Crippen LogP contribution >= 0.6 is 23.2 Å². The van der Waals surface area contributed by atoms with E-state index in [4.69, 9.17) is 23.2 Å². The van der Waals surface area contributed by atoms with Gasteiger partial charge in [0.1, 0.15) is 5.38 Å². The first-order valence-corrected chi connectivity index (χ1v) is 4.64. The normalized spacial score (nSPS) is 13.7. The minimum Gasteiger partial charge on any atom is -0.279 e. The molecule has 1 unspecified atom stereocenters. The van der Waals surface area contributed by atoms with Gasteiger partial charge in [-0.25, -0.2) is 0 Å². The zero-order valence-electron chi connectivity index (χ0n) is 7.18. The number of carbonyl (C=O) groups is 1. The molecule has 1 nitrogen and oxygen atoms in total. The van der Waals surface area contributed by atoms with Crippen LogP contribution in [0.25, 0.3) is 0 Å². The first-order chi connectivity index (χ1) is 6.82. The fraction of sp³-hybridized carbons (Fsp3) is 0.222. The quantitative estimate of drug-likeness (QED) is 0.582. The van der Waals surface area contributed by atoms with Gasteiger partial charge in [0.15, 0.2) is 0 Å². The van der Waals surface area contributed by atoms with Crippen LogP contribution in [-0.2, 0) is 11.0 Å². The van der Waals surface area contributed by atoms with Crippen LogP contribution < -0.4 is 0 Å². The Kier molecular flexibility index (Phi) is 3.62. The third-order valence-corrected chi connectivity index (χ3v) is 2.49. The summed E-state index contributed by atoms with van der Waals surface area (Å²) in [7, 11) is 0. The van der Waals surface area contributed by atoms with Gasteiger partial charge in [0.25, 0.3) is 0 Å². The van der Waals surface area contributed by atoms with Gasteiger partial charge in [0, 0.05) is 0 Å². The van der Waals surface area contributed by atoms with E-state index in [0.29, 0.717) is 0 Å². The standard InChI is InChI=1S/C9H5Cl2F3O/c10-7(8(11)15)5-2-1-3-6(4-5)9(12,13)14/h1-4,7H. The van der Waals surface area contributed by atoms with Crippen LogP contribution in [0.5, 0.6) is 0 Å². The van der Waals surface area contributed by atoms with Gasteiger partial charge in [-0.2, -0.15) is 13.2 Å². The highest BCUT2D eigenvalue weighted by Crippen LogP contribution is 2.32. The Labute approximate surface area is 93.8 Å². The van der Waals surface area contributed by atoms with Gasteiger partial charge in [-0.15, -0.1) is 11.6 Å². The number of carbonyl (C=O) groups excluding carboxylic acids is 1. The summed E-state index contributed by atoms with van der Waals surface area (Å²) >= 11 is 10.6. The topological polar surface area (TPSA) is 17.1 Å². The minimum absolute atomic E-state index is 0.0338. The molecule has 0 fully saturated rings. The van der Waals surface area contributed by atoms with Gasteiger partial charge in [-0.1, -0.05) is 12.1 Å². The number of benzene rings is 1. The highest BCUT2D eigenvalue weighted by atomic mass is 35.5. The molecule has 0 spiro atoms. The fourth-order valence-electron chi connectivity index (χ4n) is 1.00. The summed E-state index contributed by atoms with van der Waals surface area (Å²) in [4.78, 5) is 10.7. The van der Waals surface area contributed by atoms with Crippen molar-refractivity contribution >= 4 is 28.4 Å². The molecule has 0 radical (unpaired) electrons. The van der Waals surface area contributed by atoms with Gasteiger partial charge in [0.2, 0.25) is 5.24 Å². The second kappa shape index (κ2) is 4.41. The SMILES string of the molecule is O=C(Cl)C(Cl)c1cccc(C(F)(F)F)c1. The molecule has 6 heteroatoms. The van der Waals surface area contributed by atoms with Crippen LogP contribution in [0.15, 0.2) is 24.3 Å². The Morgan fingerprint density at radius 2 is 1.93 bits per heavy atom. The maximum Gasteiger partial charge on any atom is 0.416 e. The van der Waals surface area contributed by atoms with E-state index in [-0.39, 0.29) is 5.56 Å². The summed E-state index contributed by atoms with van der Waals surface area (Å²) in [5.74, 6) is 0. The van der Waals surface area contributed by atoms with Crippen molar-refractivity contribution in [3.8, 4) is 0 Å². The van der Waals surface area contributed by atoms with Crippen LogP contribution in [0.2, 0.25) is 0 Å². The van der Waals surface area contributed by atoms with E-state index in [1.807, 2.05) is 0 Å². The second-order valence-electron chi connectivity index (χ2n) is 2.79. The molecule has 0 aliphatic heterocycles. The highest BCUT2D eigenvalue weighted by molar-refractivity contribution is 6.68. The number of halogens is 5. The van der Waals surface area contributed by atoms with E-state index in [9.17, 15) is 18.0 Å². The Morgan fingerprint density at radius 3 is 2.40 bits per heavy atom. The number of rotatable bonds is 2. The first-order valence-electron chi connectivity index (χ1n) is 3.83. The summed E-state index contributed by atoms with van der Waals surface area (Å²) in [5, 5.41) is -2.16. The number of hydrogen-bond acceptors (Lipinski definition) is 1. The van der Waals surface area contributed by atoms with Crippen molar-refractivity contribution in [2.24, 2.45) is 0 Å². The van der Waals surface area contributed by atoms with Crippen molar-refractivity contribution < 1.29 is 18.0 Å². The van der Waals surface area contributed by atoms with Gasteiger partial charge in [-0.05, 0) is 29.3 Å². The molecule has 0 saturated heterocycles. The van der Waals surface area contributed by atoms with Crippen LogP contribution in [0.4, 0.5) is 13.2 Å². The van der Waals surface area contributed by atoms with E-state index < -0.39 is 22.4 Å². The van der Waals surface area contributed by atoms with E-state index in [0.717, 1.165) is 12.1 Å². The largest absolute Gasteiger partial charge is 0.416 e. The summed E-state index contributed by atoms with van der Waals surface area (Å²) in [6.45, 7) is 0. The van der Waals surface area contributed by atoms with Crippen molar-refractivity contribution in [2.45, 2.75) is 11.6 Å². The third kappa shape index (κ3) is 3.11. The summed E-state index contributed by atoms with van der Waals surface area (Å²) in [6, 6.07) is 4.18. The average Bonchev–Trinajstić information content (AvgIpc) is 2.15. The first kappa shape index (κ1) is 12.3. The van der Waals surface area contributed by atoms with Gasteiger partial charge >= 0.3 is 6.18 Å². The highest BCUT2D eigenvalue weighted by Gasteiger charge is 2.31. The predicted molar refractivity (Wildman–Crippen MR) is 50.9 cm³/mol. The van der Waals surface area contributed by atoms with E-state index >= 15 is 0 Å². The molecule has 15 heavy (non-hydrogen) atoms. The van der Waals surface area contributed by atoms with Crippen molar-refractivity contribution in [1.29, 1.82) is 0 Å². The third-order valence-electron chi connectivity index (χ3n) is 1.71. The van der Waals surface area contributed by atoms with Crippen molar-refractivity contribution in [3.63, 3.8) is 0 Å². The zero-order valence-corrected chi connectivity index (χ0v) is 8.70. The maximum atomic E-state index is 12.3. The Hall–Kier alpha value is -0.740. The maximum absolute atomic E-state index is 12.3. The molecule has 0 amide bonds. The van der Waals surface area contributed by atoms with Crippen molar-refractivity contribution in [3.05, 3.63) is 35.4 Å². The number of hydrogen-bond donors (Lipinski definition) is 0. The summed E-state index contributed by atoms with van der Waals surface area (Å²) in [5.41, 5.74) is -0.824. The molecule has 0 aromatic heterocycles. The fourth-order valence-corrected chi connectivity index (χ4v) is 1.27. The lowest BCUT2D eigenvalue weighted by Crippen LogP contribution is -2.07. The summed E-state index contributed by atoms with van der Waals surface area (Å²) in [6.07, 6.45) is -4.46. The van der Waals surface area contributed by atoms with Crippen molar-refractivity contribution in [1.82, 2.24) is 0 Å². The Morgan fingerprint density at radius 1 is 1.33 bits per heavy atom. The molecule has 1 atom stereocenters. The molecule has 0 saturated carbocycles. The lowest BCUT2D eigenvalue weighted by Gasteiger charge is -2.09. The predicted octanol–water partition coefficient (Wildman–Crippen LogP) is 3.75.